The van der Waals surface area contributed by atoms with Crippen LogP contribution in [0.1, 0.15) is 292 Å². The van der Waals surface area contributed by atoms with Crippen LogP contribution in [0.25, 0.3) is 0 Å². The van der Waals surface area contributed by atoms with E-state index in [0.29, 0.717) is 19.3 Å². The smallest absolute Gasteiger partial charge is 0.306 e. The third-order valence-corrected chi connectivity index (χ3v) is 12.5. The number of carbonyl (C=O) groups is 3. The zero-order chi connectivity index (χ0) is 44.2. The predicted octanol–water partition coefficient (Wildman–Crippen LogP) is 17.2. The second-order valence-corrected chi connectivity index (χ2v) is 19.7. The van der Waals surface area contributed by atoms with Crippen molar-refractivity contribution < 1.29 is 28.6 Å². The Morgan fingerprint density at radius 3 is 0.867 bits per heavy atom. The van der Waals surface area contributed by atoms with Crippen molar-refractivity contribution in [1.29, 1.82) is 0 Å². The molecular weight excluding hydrogens is 745 g/mol. The van der Waals surface area contributed by atoms with Crippen molar-refractivity contribution in [3.8, 4) is 0 Å². The quantitative estimate of drug-likeness (QED) is 0.0345. The molecular formula is C54H104O6. The van der Waals surface area contributed by atoms with Crippen molar-refractivity contribution in [3.05, 3.63) is 0 Å². The summed E-state index contributed by atoms with van der Waals surface area (Å²) in [4.78, 5) is 38.0. The van der Waals surface area contributed by atoms with Crippen LogP contribution in [0.3, 0.4) is 0 Å². The second kappa shape index (κ2) is 45.4. The second-order valence-electron chi connectivity index (χ2n) is 19.7. The molecule has 60 heavy (non-hydrogen) atoms. The van der Waals surface area contributed by atoms with Crippen molar-refractivity contribution in [2.75, 3.05) is 13.2 Å². The SMILES string of the molecule is CCC(C)CCCCCCCCCCC(=O)OC[C@H](COC(=O)CCCCCCCCCCCCCCC(C)C)OC(=O)CCCCCCCCCCCCCCC(C)C. The van der Waals surface area contributed by atoms with Gasteiger partial charge in [-0.05, 0) is 37.0 Å². The van der Waals surface area contributed by atoms with Gasteiger partial charge in [0.2, 0.25) is 0 Å². The molecule has 0 aliphatic carbocycles. The molecule has 2 atom stereocenters. The molecule has 0 spiro atoms. The summed E-state index contributed by atoms with van der Waals surface area (Å²) in [6.45, 7) is 13.7. The van der Waals surface area contributed by atoms with E-state index in [1.807, 2.05) is 0 Å². The average Bonchev–Trinajstić information content (AvgIpc) is 3.22. The molecule has 0 N–H and O–H groups in total. The van der Waals surface area contributed by atoms with Gasteiger partial charge in [0.1, 0.15) is 13.2 Å². The molecule has 0 aromatic rings. The number of hydrogen-bond acceptors (Lipinski definition) is 6. The zero-order valence-electron chi connectivity index (χ0n) is 41.3. The molecule has 0 saturated heterocycles. The monoisotopic (exact) mass is 849 g/mol. The fourth-order valence-electron chi connectivity index (χ4n) is 8.08. The van der Waals surface area contributed by atoms with E-state index < -0.39 is 6.10 Å². The molecule has 0 bridgehead atoms. The topological polar surface area (TPSA) is 78.9 Å². The molecule has 0 amide bonds. The number of carbonyl (C=O) groups excluding carboxylic acids is 3. The molecule has 0 aromatic carbocycles. The van der Waals surface area contributed by atoms with E-state index in [1.54, 1.807) is 0 Å². The number of unbranched alkanes of at least 4 members (excludes halogenated alkanes) is 29. The first-order valence-electron chi connectivity index (χ1n) is 26.6. The third-order valence-electron chi connectivity index (χ3n) is 12.5. The first kappa shape index (κ1) is 58.4. The lowest BCUT2D eigenvalue weighted by Crippen LogP contribution is -2.30. The first-order valence-corrected chi connectivity index (χ1v) is 26.6. The predicted molar refractivity (Wildman–Crippen MR) is 256 cm³/mol. The normalized spacial score (nSPS) is 12.6. The molecule has 0 aliphatic heterocycles. The molecule has 0 rings (SSSR count). The van der Waals surface area contributed by atoms with Crippen molar-refractivity contribution in [1.82, 2.24) is 0 Å². The Balaban J connectivity index is 4.33. The van der Waals surface area contributed by atoms with E-state index in [9.17, 15) is 14.4 Å². The largest absolute Gasteiger partial charge is 0.462 e. The molecule has 356 valence electrons. The Labute approximate surface area is 374 Å². The number of ether oxygens (including phenoxy) is 3. The highest BCUT2D eigenvalue weighted by Crippen LogP contribution is 2.18. The fourth-order valence-corrected chi connectivity index (χ4v) is 8.08. The van der Waals surface area contributed by atoms with Crippen LogP contribution in [0.5, 0.6) is 0 Å². The van der Waals surface area contributed by atoms with E-state index in [4.69, 9.17) is 14.2 Å². The van der Waals surface area contributed by atoms with Crippen molar-refractivity contribution in [3.63, 3.8) is 0 Å². The first-order chi connectivity index (χ1) is 29.1. The standard InChI is InChI=1S/C54H104O6/c1-7-50(6)42-36-30-24-20-21-26-32-38-44-53(56)59-47-51(60-54(57)45-39-33-27-19-15-11-9-13-17-23-29-35-41-49(4)5)46-58-52(55)43-37-31-25-18-14-10-8-12-16-22-28-34-40-48(2)3/h48-51H,7-47H2,1-6H3/t50?,51-/m0/s1. The summed E-state index contributed by atoms with van der Waals surface area (Å²) in [6, 6.07) is 0. The molecule has 0 aliphatic rings. The Kier molecular flexibility index (Phi) is 44.2. The molecule has 0 heterocycles. The summed E-state index contributed by atoms with van der Waals surface area (Å²) in [6.07, 6.45) is 45.1. The maximum absolute atomic E-state index is 12.8. The van der Waals surface area contributed by atoms with Gasteiger partial charge >= 0.3 is 17.9 Å². The highest BCUT2D eigenvalue weighted by Gasteiger charge is 2.19. The third kappa shape index (κ3) is 45.9. The summed E-state index contributed by atoms with van der Waals surface area (Å²) < 4.78 is 16.8. The minimum Gasteiger partial charge on any atom is -0.462 e. The van der Waals surface area contributed by atoms with Gasteiger partial charge in [0.15, 0.2) is 6.10 Å². The molecule has 1 unspecified atom stereocenters. The van der Waals surface area contributed by atoms with E-state index >= 15 is 0 Å². The van der Waals surface area contributed by atoms with Gasteiger partial charge in [0.05, 0.1) is 0 Å². The Bertz CT molecular complexity index is 931. The maximum atomic E-state index is 12.8. The maximum Gasteiger partial charge on any atom is 0.306 e. The minimum absolute atomic E-state index is 0.0646. The molecule has 6 nitrogen and oxygen atoms in total. The van der Waals surface area contributed by atoms with Gasteiger partial charge in [0, 0.05) is 19.3 Å². The Morgan fingerprint density at radius 2 is 0.583 bits per heavy atom. The van der Waals surface area contributed by atoms with Crippen molar-refractivity contribution >= 4 is 17.9 Å². The van der Waals surface area contributed by atoms with Crippen LogP contribution in [0, 0.1) is 17.8 Å². The van der Waals surface area contributed by atoms with Crippen LogP contribution < -0.4 is 0 Å². The van der Waals surface area contributed by atoms with Gasteiger partial charge in [-0.2, -0.15) is 0 Å². The van der Waals surface area contributed by atoms with Crippen LogP contribution in [-0.2, 0) is 28.6 Å². The summed E-state index contributed by atoms with van der Waals surface area (Å²) in [5.41, 5.74) is 0. The minimum atomic E-state index is -0.763. The van der Waals surface area contributed by atoms with Crippen LogP contribution in [0.2, 0.25) is 0 Å². The van der Waals surface area contributed by atoms with Gasteiger partial charge in [0.25, 0.3) is 0 Å². The number of esters is 3. The van der Waals surface area contributed by atoms with E-state index in [2.05, 4.69) is 41.5 Å². The molecule has 0 saturated carbocycles. The number of rotatable bonds is 47. The summed E-state index contributed by atoms with van der Waals surface area (Å²) >= 11 is 0. The van der Waals surface area contributed by atoms with E-state index in [-0.39, 0.29) is 31.1 Å². The highest BCUT2D eigenvalue weighted by atomic mass is 16.6. The van der Waals surface area contributed by atoms with Gasteiger partial charge in [-0.1, -0.05) is 253 Å². The summed E-state index contributed by atoms with van der Waals surface area (Å²) in [5.74, 6) is 1.66. The fraction of sp³-hybridized carbons (Fsp3) is 0.944. The lowest BCUT2D eigenvalue weighted by molar-refractivity contribution is -0.167. The van der Waals surface area contributed by atoms with Gasteiger partial charge in [-0.15, -0.1) is 0 Å². The summed E-state index contributed by atoms with van der Waals surface area (Å²) in [5, 5.41) is 0. The van der Waals surface area contributed by atoms with Crippen LogP contribution in [0.4, 0.5) is 0 Å². The number of hydrogen-bond donors (Lipinski definition) is 0. The molecule has 0 radical (unpaired) electrons. The molecule has 0 fully saturated rings. The van der Waals surface area contributed by atoms with Gasteiger partial charge in [-0.25, -0.2) is 0 Å². The van der Waals surface area contributed by atoms with Crippen LogP contribution in [-0.4, -0.2) is 37.2 Å². The molecule has 6 heteroatoms. The zero-order valence-corrected chi connectivity index (χ0v) is 41.3. The van der Waals surface area contributed by atoms with E-state index in [0.717, 1.165) is 75.5 Å². The van der Waals surface area contributed by atoms with Crippen LogP contribution in [0.15, 0.2) is 0 Å². The summed E-state index contributed by atoms with van der Waals surface area (Å²) in [7, 11) is 0. The highest BCUT2D eigenvalue weighted by molar-refractivity contribution is 5.71. The van der Waals surface area contributed by atoms with Gasteiger partial charge in [-0.3, -0.25) is 14.4 Å². The van der Waals surface area contributed by atoms with Gasteiger partial charge < -0.3 is 14.2 Å². The lowest BCUT2D eigenvalue weighted by atomic mass is 9.99. The Morgan fingerprint density at radius 1 is 0.333 bits per heavy atom. The molecule has 0 aromatic heterocycles. The van der Waals surface area contributed by atoms with Crippen molar-refractivity contribution in [2.45, 2.75) is 298 Å². The van der Waals surface area contributed by atoms with Crippen molar-refractivity contribution in [2.24, 2.45) is 17.8 Å². The average molecular weight is 849 g/mol. The van der Waals surface area contributed by atoms with E-state index in [1.165, 1.54) is 173 Å². The van der Waals surface area contributed by atoms with Crippen LogP contribution >= 0.6 is 0 Å². The Hall–Kier alpha value is -1.59. The lowest BCUT2D eigenvalue weighted by Gasteiger charge is -2.18.